The smallest absolute Gasteiger partial charge is 0.323 e. The zero-order valence-electron chi connectivity index (χ0n) is 15.8. The summed E-state index contributed by atoms with van der Waals surface area (Å²) in [5, 5.41) is 5.30. The zero-order chi connectivity index (χ0) is 20.1. The second-order valence-electron chi connectivity index (χ2n) is 6.67. The number of nitrogens with one attached hydrogen (secondary N) is 2. The van der Waals surface area contributed by atoms with Gasteiger partial charge in [-0.25, -0.2) is 19.2 Å². The van der Waals surface area contributed by atoms with Gasteiger partial charge in [-0.15, -0.1) is 0 Å². The minimum Gasteiger partial charge on any atom is -0.368 e. The first-order valence-corrected chi connectivity index (χ1v) is 9.38. The van der Waals surface area contributed by atoms with E-state index in [4.69, 9.17) is 0 Å². The van der Waals surface area contributed by atoms with Crippen LogP contribution < -0.4 is 20.4 Å². The Balaban J connectivity index is 1.30. The van der Waals surface area contributed by atoms with Gasteiger partial charge >= 0.3 is 6.03 Å². The van der Waals surface area contributed by atoms with E-state index in [1.165, 1.54) is 30.0 Å². The Morgan fingerprint density at radius 2 is 1.38 bits per heavy atom. The van der Waals surface area contributed by atoms with Crippen LogP contribution in [0.5, 0.6) is 0 Å². The number of urea groups is 1. The lowest BCUT2D eigenvalue weighted by Gasteiger charge is -2.36. The van der Waals surface area contributed by atoms with Crippen molar-refractivity contribution in [2.45, 2.75) is 0 Å². The molecule has 8 heteroatoms. The fourth-order valence-electron chi connectivity index (χ4n) is 3.18. The number of amides is 2. The number of para-hydroxylation sites is 1. The highest BCUT2D eigenvalue weighted by molar-refractivity contribution is 5.99. The van der Waals surface area contributed by atoms with Crippen LogP contribution in [0.4, 0.5) is 32.2 Å². The summed E-state index contributed by atoms with van der Waals surface area (Å²) in [5.74, 6) is 0.284. The maximum Gasteiger partial charge on any atom is 0.323 e. The van der Waals surface area contributed by atoms with Crippen LogP contribution >= 0.6 is 0 Å². The van der Waals surface area contributed by atoms with Gasteiger partial charge in [0, 0.05) is 37.6 Å². The number of carbonyl (C=O) groups excluding carboxylic acids is 1. The van der Waals surface area contributed by atoms with Gasteiger partial charge in [-0.05, 0) is 36.4 Å². The normalized spacial score (nSPS) is 13.8. The number of anilines is 4. The Bertz CT molecular complexity index is 941. The first-order valence-electron chi connectivity index (χ1n) is 9.38. The van der Waals surface area contributed by atoms with Crippen LogP contribution in [0.1, 0.15) is 0 Å². The van der Waals surface area contributed by atoms with Gasteiger partial charge in [0.2, 0.25) is 5.95 Å². The number of halogens is 1. The summed E-state index contributed by atoms with van der Waals surface area (Å²) in [6.07, 6.45) is 3.16. The zero-order valence-corrected chi connectivity index (χ0v) is 15.8. The molecule has 0 bridgehead atoms. The van der Waals surface area contributed by atoms with Crippen molar-refractivity contribution in [1.82, 2.24) is 9.97 Å². The molecule has 0 radical (unpaired) electrons. The second-order valence-corrected chi connectivity index (χ2v) is 6.67. The number of carbonyl (C=O) groups is 1. The molecule has 2 heterocycles. The molecule has 3 aromatic rings. The van der Waals surface area contributed by atoms with E-state index < -0.39 is 6.03 Å². The average Bonchev–Trinajstić information content (AvgIpc) is 2.77. The highest BCUT2D eigenvalue weighted by Crippen LogP contribution is 2.18. The van der Waals surface area contributed by atoms with Gasteiger partial charge in [0.25, 0.3) is 0 Å². The number of benzene rings is 2. The fraction of sp³-hybridized carbons (Fsp3) is 0.190. The van der Waals surface area contributed by atoms with E-state index in [0.29, 0.717) is 17.3 Å². The largest absolute Gasteiger partial charge is 0.368 e. The summed E-state index contributed by atoms with van der Waals surface area (Å²) in [4.78, 5) is 25.3. The van der Waals surface area contributed by atoms with E-state index in [9.17, 15) is 9.18 Å². The summed E-state index contributed by atoms with van der Waals surface area (Å²) in [5.41, 5.74) is 2.20. The van der Waals surface area contributed by atoms with Crippen molar-refractivity contribution in [3.8, 4) is 0 Å². The van der Waals surface area contributed by atoms with Crippen molar-refractivity contribution >= 4 is 29.0 Å². The molecule has 29 heavy (non-hydrogen) atoms. The second kappa shape index (κ2) is 8.55. The molecule has 1 aromatic heterocycles. The van der Waals surface area contributed by atoms with Crippen LogP contribution in [0.2, 0.25) is 0 Å². The third-order valence-corrected chi connectivity index (χ3v) is 4.68. The third-order valence-electron chi connectivity index (χ3n) is 4.68. The minimum atomic E-state index is -0.440. The topological polar surface area (TPSA) is 73.4 Å². The molecule has 2 aromatic carbocycles. The van der Waals surface area contributed by atoms with Crippen LogP contribution in [0.15, 0.2) is 67.0 Å². The molecular weight excluding hydrogens is 371 g/mol. The molecule has 2 N–H and O–H groups in total. The summed E-state index contributed by atoms with van der Waals surface area (Å²) in [7, 11) is 0. The molecule has 0 aliphatic carbocycles. The van der Waals surface area contributed by atoms with Crippen molar-refractivity contribution in [2.75, 3.05) is 46.6 Å². The Kier molecular flexibility index (Phi) is 5.51. The molecule has 148 valence electrons. The van der Waals surface area contributed by atoms with Gasteiger partial charge in [0.1, 0.15) is 5.82 Å². The lowest BCUT2D eigenvalue weighted by atomic mass is 10.2. The highest BCUT2D eigenvalue weighted by atomic mass is 19.1. The van der Waals surface area contributed by atoms with Crippen LogP contribution in [-0.2, 0) is 0 Å². The van der Waals surface area contributed by atoms with Crippen molar-refractivity contribution in [1.29, 1.82) is 0 Å². The van der Waals surface area contributed by atoms with Crippen LogP contribution in [-0.4, -0.2) is 42.2 Å². The van der Waals surface area contributed by atoms with E-state index in [1.54, 1.807) is 12.4 Å². The Hall–Kier alpha value is -3.68. The quantitative estimate of drug-likeness (QED) is 0.710. The standard InChI is InChI=1S/C21H21FN6O/c22-16-6-8-17(9-7-16)25-21(29)26-18-14-23-20(24-15-18)28-12-10-27(11-13-28)19-4-2-1-3-5-19/h1-9,14-15H,10-13H2,(H2,25,26,29). The average molecular weight is 392 g/mol. The number of piperazine rings is 1. The third kappa shape index (κ3) is 4.78. The van der Waals surface area contributed by atoms with Gasteiger partial charge in [0.05, 0.1) is 18.1 Å². The van der Waals surface area contributed by atoms with Crippen molar-refractivity contribution < 1.29 is 9.18 Å². The van der Waals surface area contributed by atoms with Crippen molar-refractivity contribution in [2.24, 2.45) is 0 Å². The number of rotatable bonds is 4. The van der Waals surface area contributed by atoms with E-state index in [0.717, 1.165) is 26.2 Å². The molecule has 2 amide bonds. The van der Waals surface area contributed by atoms with Gasteiger partial charge in [-0.3, -0.25) is 0 Å². The molecule has 0 spiro atoms. The summed E-state index contributed by atoms with van der Waals surface area (Å²) in [6.45, 7) is 3.44. The summed E-state index contributed by atoms with van der Waals surface area (Å²) < 4.78 is 12.9. The molecule has 0 saturated carbocycles. The molecule has 0 atom stereocenters. The summed E-state index contributed by atoms with van der Waals surface area (Å²) >= 11 is 0. The van der Waals surface area contributed by atoms with E-state index in [1.807, 2.05) is 18.2 Å². The Morgan fingerprint density at radius 1 is 0.793 bits per heavy atom. The molecule has 7 nitrogen and oxygen atoms in total. The SMILES string of the molecule is O=C(Nc1ccc(F)cc1)Nc1cnc(N2CCN(c3ccccc3)CC2)nc1. The highest BCUT2D eigenvalue weighted by Gasteiger charge is 2.19. The Labute approximate surface area is 168 Å². The minimum absolute atomic E-state index is 0.357. The maximum atomic E-state index is 12.9. The monoisotopic (exact) mass is 392 g/mol. The van der Waals surface area contributed by atoms with Gasteiger partial charge in [0.15, 0.2) is 0 Å². The van der Waals surface area contributed by atoms with E-state index in [2.05, 4.69) is 42.5 Å². The fourth-order valence-corrected chi connectivity index (χ4v) is 3.18. The predicted molar refractivity (Wildman–Crippen MR) is 112 cm³/mol. The lowest BCUT2D eigenvalue weighted by molar-refractivity contribution is 0.262. The number of aromatic nitrogens is 2. The summed E-state index contributed by atoms with van der Waals surface area (Å²) in [6, 6.07) is 15.4. The van der Waals surface area contributed by atoms with E-state index in [-0.39, 0.29) is 5.82 Å². The molecule has 0 unspecified atom stereocenters. The van der Waals surface area contributed by atoms with Crippen molar-refractivity contribution in [3.05, 3.63) is 72.8 Å². The number of hydrogen-bond donors (Lipinski definition) is 2. The predicted octanol–water partition coefficient (Wildman–Crippen LogP) is 3.59. The van der Waals surface area contributed by atoms with Crippen LogP contribution in [0.3, 0.4) is 0 Å². The lowest BCUT2D eigenvalue weighted by Crippen LogP contribution is -2.47. The molecule has 1 aliphatic heterocycles. The molecular formula is C21H21FN6O. The van der Waals surface area contributed by atoms with E-state index >= 15 is 0 Å². The Morgan fingerprint density at radius 3 is 2.03 bits per heavy atom. The number of hydrogen-bond acceptors (Lipinski definition) is 5. The first-order chi connectivity index (χ1) is 14.2. The maximum absolute atomic E-state index is 12.9. The van der Waals surface area contributed by atoms with Gasteiger partial charge < -0.3 is 20.4 Å². The molecule has 4 rings (SSSR count). The molecule has 1 fully saturated rings. The molecule has 1 aliphatic rings. The van der Waals surface area contributed by atoms with Gasteiger partial charge in [-0.2, -0.15) is 0 Å². The first kappa shape index (κ1) is 18.7. The van der Waals surface area contributed by atoms with Crippen LogP contribution in [0.25, 0.3) is 0 Å². The number of nitrogens with zero attached hydrogens (tertiary/aromatic N) is 4. The van der Waals surface area contributed by atoms with Crippen molar-refractivity contribution in [3.63, 3.8) is 0 Å². The molecule has 1 saturated heterocycles. The van der Waals surface area contributed by atoms with Gasteiger partial charge in [-0.1, -0.05) is 18.2 Å². The van der Waals surface area contributed by atoms with Crippen LogP contribution in [0, 0.1) is 5.82 Å².